The second kappa shape index (κ2) is 14.1. The summed E-state index contributed by atoms with van der Waals surface area (Å²) in [5.74, 6) is -2.16. The van der Waals surface area contributed by atoms with Crippen LogP contribution in [0.5, 0.6) is 17.2 Å². The predicted molar refractivity (Wildman–Crippen MR) is 209 cm³/mol. The lowest BCUT2D eigenvalue weighted by Crippen LogP contribution is -2.42. The lowest BCUT2D eigenvalue weighted by molar-refractivity contribution is -0.0661. The number of fused-ring (bicyclic) bond motifs is 3. The van der Waals surface area contributed by atoms with Crippen LogP contribution in [-0.4, -0.2) is 63.0 Å². The van der Waals surface area contributed by atoms with Crippen LogP contribution in [0.15, 0.2) is 115 Å². The molecule has 3 aliphatic heterocycles. The van der Waals surface area contributed by atoms with Gasteiger partial charge in [-0.15, -0.1) is 0 Å². The molecule has 1 N–H and O–H groups in total. The molecule has 6 aromatic rings. The van der Waals surface area contributed by atoms with Crippen molar-refractivity contribution in [2.24, 2.45) is 0 Å². The van der Waals surface area contributed by atoms with Crippen molar-refractivity contribution in [2.75, 3.05) is 24.8 Å². The predicted octanol–water partition coefficient (Wildman–Crippen LogP) is 8.84. The van der Waals surface area contributed by atoms with Gasteiger partial charge in [-0.2, -0.15) is 0 Å². The molecule has 1 atom stereocenters. The van der Waals surface area contributed by atoms with Crippen LogP contribution >= 0.6 is 0 Å². The molecular formula is C45H40F2N4O5. The van der Waals surface area contributed by atoms with Gasteiger partial charge < -0.3 is 23.9 Å². The van der Waals surface area contributed by atoms with Crippen molar-refractivity contribution in [1.29, 1.82) is 0 Å². The quantitative estimate of drug-likeness (QED) is 0.175. The van der Waals surface area contributed by atoms with Crippen LogP contribution in [0.4, 0.5) is 20.2 Å². The number of nitrogens with zero attached hydrogens (tertiary/aromatic N) is 4. The zero-order valence-electron chi connectivity index (χ0n) is 30.8. The minimum atomic E-state index is -2.70. The minimum absolute atomic E-state index is 0.0312. The second-order valence-corrected chi connectivity index (χ2v) is 14.9. The van der Waals surface area contributed by atoms with E-state index < -0.39 is 5.92 Å². The second-order valence-electron chi connectivity index (χ2n) is 14.9. The molecular weight excluding hydrogens is 715 g/mol. The molecule has 0 unspecified atom stereocenters. The largest absolute Gasteiger partial charge is 0.508 e. The molecule has 3 aliphatic rings. The van der Waals surface area contributed by atoms with E-state index in [1.807, 2.05) is 76.2 Å². The van der Waals surface area contributed by atoms with Gasteiger partial charge in [0.1, 0.15) is 5.75 Å². The number of pyridine rings is 1. The van der Waals surface area contributed by atoms with Gasteiger partial charge in [0, 0.05) is 48.7 Å². The van der Waals surface area contributed by atoms with E-state index in [2.05, 4.69) is 19.1 Å². The van der Waals surface area contributed by atoms with Crippen molar-refractivity contribution in [3.8, 4) is 28.5 Å². The molecule has 0 spiro atoms. The molecule has 0 radical (unpaired) electrons. The number of piperidine rings is 1. The fraction of sp³-hybridized carbons (Fsp3) is 0.244. The van der Waals surface area contributed by atoms with Crippen molar-refractivity contribution in [1.82, 2.24) is 14.2 Å². The number of hydrogen-bond acceptors (Lipinski definition) is 6. The average Bonchev–Trinajstić information content (AvgIpc) is 3.82. The van der Waals surface area contributed by atoms with E-state index in [-0.39, 0.29) is 43.4 Å². The molecule has 2 aromatic heterocycles. The van der Waals surface area contributed by atoms with Gasteiger partial charge in [-0.1, -0.05) is 42.5 Å². The van der Waals surface area contributed by atoms with Gasteiger partial charge in [-0.05, 0) is 110 Å². The number of carbonyl (C=O) groups excluding carboxylic acids is 2. The van der Waals surface area contributed by atoms with Crippen LogP contribution < -0.4 is 14.4 Å². The number of anilines is 2. The average molecular weight is 755 g/mol. The number of aromatic nitrogens is 1. The standard InChI is InChI=1S/C45H40F2N4O5/c1-29-21-31-7-2-3-8-32(31)26-50(29)43(53)37-24-42-41(55-28-56-42)23-36(37)40-22-38(39-9-4-5-20-49(39)40)44(54)51(34-14-16-35(52)17-15-34)33-12-10-30(11-13-33)25-48-19-6-18-45(46,47)27-48/h2-5,7-17,20,22-24,29,52H,6,18-19,21,25-28H2,1H3/t29-/m1/s1. The molecule has 1 saturated heterocycles. The van der Waals surface area contributed by atoms with Crippen molar-refractivity contribution < 1.29 is 33.0 Å². The molecule has 0 bridgehead atoms. The number of benzene rings is 4. The Morgan fingerprint density at radius 3 is 2.30 bits per heavy atom. The molecule has 9 nitrogen and oxygen atoms in total. The molecule has 0 saturated carbocycles. The number of halogens is 2. The number of aromatic hydroxyl groups is 1. The van der Waals surface area contributed by atoms with Crippen LogP contribution in [0.1, 0.15) is 57.2 Å². The van der Waals surface area contributed by atoms with E-state index >= 15 is 4.79 Å². The summed E-state index contributed by atoms with van der Waals surface area (Å²) in [6.07, 6.45) is 2.94. The molecule has 284 valence electrons. The molecule has 5 heterocycles. The molecule has 11 heteroatoms. The maximum absolute atomic E-state index is 15.0. The smallest absolute Gasteiger partial charge is 0.265 e. The Morgan fingerprint density at radius 2 is 1.55 bits per heavy atom. The highest BCUT2D eigenvalue weighted by Crippen LogP contribution is 2.42. The highest BCUT2D eigenvalue weighted by atomic mass is 19.3. The van der Waals surface area contributed by atoms with Crippen LogP contribution in [0.3, 0.4) is 0 Å². The summed E-state index contributed by atoms with van der Waals surface area (Å²) in [6, 6.07) is 32.8. The SMILES string of the molecule is C[C@@H]1Cc2ccccc2CN1C(=O)c1cc2c(cc1-c1cc(C(=O)N(c3ccc(O)cc3)c3ccc(CN4CCCC(F)(F)C4)cc3)c3ccccn13)OCO2. The van der Waals surface area contributed by atoms with Gasteiger partial charge >= 0.3 is 0 Å². The Bertz CT molecular complexity index is 2460. The Morgan fingerprint density at radius 1 is 0.857 bits per heavy atom. The first-order chi connectivity index (χ1) is 27.1. The molecule has 56 heavy (non-hydrogen) atoms. The minimum Gasteiger partial charge on any atom is -0.508 e. The van der Waals surface area contributed by atoms with E-state index in [9.17, 15) is 18.7 Å². The van der Waals surface area contributed by atoms with Crippen molar-refractivity contribution in [3.05, 3.63) is 143 Å². The first-order valence-electron chi connectivity index (χ1n) is 18.9. The number of carbonyl (C=O) groups is 2. The summed E-state index contributed by atoms with van der Waals surface area (Å²) >= 11 is 0. The van der Waals surface area contributed by atoms with E-state index in [0.29, 0.717) is 76.8 Å². The Balaban J connectivity index is 1.11. The lowest BCUT2D eigenvalue weighted by Gasteiger charge is -2.35. The normalized spacial score (nSPS) is 17.5. The van der Waals surface area contributed by atoms with E-state index in [0.717, 1.165) is 17.5 Å². The van der Waals surface area contributed by atoms with Crippen LogP contribution in [0.2, 0.25) is 0 Å². The number of hydrogen-bond donors (Lipinski definition) is 1. The van der Waals surface area contributed by atoms with Crippen LogP contribution in [0, 0.1) is 0 Å². The molecule has 1 fully saturated rings. The number of alkyl halides is 2. The monoisotopic (exact) mass is 754 g/mol. The number of phenolic OH excluding ortho intramolecular Hbond substituents is 1. The third-order valence-electron chi connectivity index (χ3n) is 11.1. The zero-order valence-corrected chi connectivity index (χ0v) is 30.8. The van der Waals surface area contributed by atoms with Gasteiger partial charge in [-0.25, -0.2) is 8.78 Å². The summed E-state index contributed by atoms with van der Waals surface area (Å²) in [5.41, 5.74) is 6.92. The maximum Gasteiger partial charge on any atom is 0.265 e. The summed E-state index contributed by atoms with van der Waals surface area (Å²) in [7, 11) is 0. The van der Waals surface area contributed by atoms with E-state index in [1.54, 1.807) is 34.1 Å². The van der Waals surface area contributed by atoms with Crippen molar-refractivity contribution >= 4 is 28.7 Å². The van der Waals surface area contributed by atoms with Gasteiger partial charge in [0.15, 0.2) is 11.5 Å². The Labute approximate surface area is 322 Å². The Kier molecular flexibility index (Phi) is 8.96. The lowest BCUT2D eigenvalue weighted by atomic mass is 9.93. The molecule has 0 aliphatic carbocycles. The number of likely N-dealkylation sites (tertiary alicyclic amines) is 1. The van der Waals surface area contributed by atoms with Crippen molar-refractivity contribution in [2.45, 2.75) is 51.2 Å². The maximum atomic E-state index is 15.0. The first kappa shape index (κ1) is 35.5. The number of ether oxygens (including phenoxy) is 2. The number of phenols is 1. The van der Waals surface area contributed by atoms with Crippen molar-refractivity contribution in [3.63, 3.8) is 0 Å². The summed E-state index contributed by atoms with van der Waals surface area (Å²) < 4.78 is 41.8. The van der Waals surface area contributed by atoms with Crippen LogP contribution in [0.25, 0.3) is 16.8 Å². The third kappa shape index (κ3) is 6.62. The molecule has 2 amide bonds. The van der Waals surface area contributed by atoms with E-state index in [1.165, 1.54) is 17.7 Å². The molecule has 4 aromatic carbocycles. The van der Waals surface area contributed by atoms with E-state index in [4.69, 9.17) is 9.47 Å². The van der Waals surface area contributed by atoms with Gasteiger partial charge in [-0.3, -0.25) is 19.4 Å². The zero-order chi connectivity index (χ0) is 38.6. The highest BCUT2D eigenvalue weighted by Gasteiger charge is 2.35. The summed E-state index contributed by atoms with van der Waals surface area (Å²) in [4.78, 5) is 34.9. The van der Waals surface area contributed by atoms with Gasteiger partial charge in [0.2, 0.25) is 6.79 Å². The van der Waals surface area contributed by atoms with Gasteiger partial charge in [0.25, 0.3) is 17.7 Å². The first-order valence-corrected chi connectivity index (χ1v) is 18.9. The van der Waals surface area contributed by atoms with Gasteiger partial charge in [0.05, 0.1) is 28.9 Å². The summed E-state index contributed by atoms with van der Waals surface area (Å²) in [5, 5.41) is 10.1. The van der Waals surface area contributed by atoms with Crippen LogP contribution in [-0.2, 0) is 19.5 Å². The summed E-state index contributed by atoms with van der Waals surface area (Å²) in [6.45, 7) is 3.24. The topological polar surface area (TPSA) is 87.0 Å². The fourth-order valence-corrected chi connectivity index (χ4v) is 8.26. The highest BCUT2D eigenvalue weighted by molar-refractivity contribution is 6.16. The Hall–Kier alpha value is -6.20. The molecule has 9 rings (SSSR count). The fourth-order valence-electron chi connectivity index (χ4n) is 8.26. The number of rotatable bonds is 7. The number of amides is 2. The third-order valence-corrected chi connectivity index (χ3v) is 11.1.